The molecule has 0 fully saturated rings. The number of amides is 1. The minimum Gasteiger partial charge on any atom is -0.496 e. The molecule has 2 aromatic carbocycles. The number of methoxy groups -OCH3 is 1. The molecule has 23 heavy (non-hydrogen) atoms. The number of hydrogen-bond acceptors (Lipinski definition) is 3. The van der Waals surface area contributed by atoms with Crippen molar-refractivity contribution in [1.29, 1.82) is 0 Å². The lowest BCUT2D eigenvalue weighted by Crippen LogP contribution is -2.36. The van der Waals surface area contributed by atoms with Crippen LogP contribution in [0.3, 0.4) is 0 Å². The van der Waals surface area contributed by atoms with Gasteiger partial charge in [-0.15, -0.1) is 0 Å². The third kappa shape index (κ3) is 3.67. The van der Waals surface area contributed by atoms with Gasteiger partial charge < -0.3 is 14.4 Å². The maximum absolute atomic E-state index is 12.3. The summed E-state index contributed by atoms with van der Waals surface area (Å²) in [6, 6.07) is 13.7. The average Bonchev–Trinajstić information content (AvgIpc) is 2.59. The molecule has 5 heteroatoms. The highest BCUT2D eigenvalue weighted by atomic mass is 79.9. The number of carbonyl (C=O) groups excluding carboxylic acids is 1. The number of rotatable bonds is 3. The first-order valence-electron chi connectivity index (χ1n) is 7.48. The highest BCUT2D eigenvalue weighted by molar-refractivity contribution is 9.10. The molecule has 0 atom stereocenters. The molecule has 1 heterocycles. The van der Waals surface area contributed by atoms with Crippen molar-refractivity contribution in [3.8, 4) is 5.75 Å². The Morgan fingerprint density at radius 2 is 2.04 bits per heavy atom. The third-order valence-corrected chi connectivity index (χ3v) is 4.41. The lowest BCUT2D eigenvalue weighted by atomic mass is 9.99. The highest BCUT2D eigenvalue weighted by Crippen LogP contribution is 2.32. The zero-order valence-electron chi connectivity index (χ0n) is 12.9. The quantitative estimate of drug-likeness (QED) is 0.808. The number of nitrogens with zero attached hydrogens (tertiary/aromatic N) is 1. The van der Waals surface area contributed by atoms with Gasteiger partial charge in [0.15, 0.2) is 0 Å². The minimum absolute atomic E-state index is 0.288. The van der Waals surface area contributed by atoms with E-state index < -0.39 is 0 Å². The summed E-state index contributed by atoms with van der Waals surface area (Å²) in [5.41, 5.74) is 3.25. The van der Waals surface area contributed by atoms with Crippen LogP contribution in [0.25, 0.3) is 0 Å². The number of ether oxygens (including phenoxy) is 2. The number of hydrogen-bond donors (Lipinski definition) is 0. The van der Waals surface area contributed by atoms with Crippen molar-refractivity contribution < 1.29 is 14.3 Å². The van der Waals surface area contributed by atoms with Crippen molar-refractivity contribution >= 4 is 22.0 Å². The summed E-state index contributed by atoms with van der Waals surface area (Å²) < 4.78 is 11.9. The van der Waals surface area contributed by atoms with Crippen LogP contribution in [0.15, 0.2) is 46.9 Å². The minimum atomic E-state index is -0.288. The molecule has 3 rings (SSSR count). The zero-order valence-corrected chi connectivity index (χ0v) is 14.5. The number of benzene rings is 2. The van der Waals surface area contributed by atoms with E-state index in [1.54, 1.807) is 12.0 Å². The van der Waals surface area contributed by atoms with Crippen LogP contribution in [0.1, 0.15) is 16.7 Å². The number of carbonyl (C=O) groups is 1. The summed E-state index contributed by atoms with van der Waals surface area (Å²) in [5.74, 6) is 0.801. The van der Waals surface area contributed by atoms with Gasteiger partial charge in [0, 0.05) is 16.6 Å². The van der Waals surface area contributed by atoms with E-state index in [9.17, 15) is 4.79 Å². The Kier molecular flexibility index (Phi) is 4.86. The first kappa shape index (κ1) is 15.9. The Morgan fingerprint density at radius 1 is 1.26 bits per heavy atom. The summed E-state index contributed by atoms with van der Waals surface area (Å²) in [6.45, 7) is 1.46. The Labute approximate surface area is 144 Å². The number of halogens is 1. The molecule has 0 spiro atoms. The van der Waals surface area contributed by atoms with Crippen LogP contribution in [0, 0.1) is 0 Å². The summed E-state index contributed by atoms with van der Waals surface area (Å²) in [5, 5.41) is 0. The fourth-order valence-corrected chi connectivity index (χ4v) is 3.23. The smallest absolute Gasteiger partial charge is 0.410 e. The second-order valence-corrected chi connectivity index (χ2v) is 6.37. The SMILES string of the molecule is COc1cc(Br)cc2c1CN(C(=O)OCc1ccccc1)CC2. The molecule has 1 aliphatic rings. The lowest BCUT2D eigenvalue weighted by Gasteiger charge is -2.29. The van der Waals surface area contributed by atoms with Gasteiger partial charge in [0.25, 0.3) is 0 Å². The van der Waals surface area contributed by atoms with E-state index in [2.05, 4.69) is 22.0 Å². The van der Waals surface area contributed by atoms with Gasteiger partial charge in [-0.1, -0.05) is 46.3 Å². The van der Waals surface area contributed by atoms with Crippen LogP contribution in [-0.4, -0.2) is 24.6 Å². The second kappa shape index (κ2) is 7.04. The monoisotopic (exact) mass is 375 g/mol. The topological polar surface area (TPSA) is 38.8 Å². The van der Waals surface area contributed by atoms with Gasteiger partial charge in [0.2, 0.25) is 0 Å². The van der Waals surface area contributed by atoms with Gasteiger partial charge in [-0.3, -0.25) is 0 Å². The second-order valence-electron chi connectivity index (χ2n) is 5.46. The van der Waals surface area contributed by atoms with E-state index in [-0.39, 0.29) is 6.09 Å². The molecule has 1 aliphatic heterocycles. The summed E-state index contributed by atoms with van der Waals surface area (Å²) in [7, 11) is 1.65. The molecule has 0 saturated carbocycles. The molecule has 4 nitrogen and oxygen atoms in total. The average molecular weight is 376 g/mol. The molecule has 1 amide bonds. The summed E-state index contributed by atoms with van der Waals surface area (Å²) >= 11 is 3.49. The molecule has 0 aliphatic carbocycles. The molecule has 0 unspecified atom stereocenters. The predicted molar refractivity (Wildman–Crippen MR) is 91.4 cm³/mol. The van der Waals surface area contributed by atoms with Crippen molar-refractivity contribution in [3.63, 3.8) is 0 Å². The van der Waals surface area contributed by atoms with Gasteiger partial charge in [0.05, 0.1) is 13.7 Å². The molecule has 0 N–H and O–H groups in total. The Morgan fingerprint density at radius 3 is 2.78 bits per heavy atom. The van der Waals surface area contributed by atoms with Crippen LogP contribution in [0.5, 0.6) is 5.75 Å². The maximum Gasteiger partial charge on any atom is 0.410 e. The van der Waals surface area contributed by atoms with Crippen molar-refractivity contribution in [3.05, 3.63) is 63.6 Å². The van der Waals surface area contributed by atoms with Crippen LogP contribution < -0.4 is 4.74 Å². The van der Waals surface area contributed by atoms with E-state index in [0.717, 1.165) is 27.8 Å². The van der Waals surface area contributed by atoms with Gasteiger partial charge in [-0.05, 0) is 29.7 Å². The van der Waals surface area contributed by atoms with E-state index in [0.29, 0.717) is 19.7 Å². The van der Waals surface area contributed by atoms with Crippen LogP contribution >= 0.6 is 15.9 Å². The molecule has 120 valence electrons. The first-order chi connectivity index (χ1) is 11.2. The zero-order chi connectivity index (χ0) is 16.2. The van der Waals surface area contributed by atoms with Crippen LogP contribution in [0.2, 0.25) is 0 Å². The van der Waals surface area contributed by atoms with Gasteiger partial charge in [-0.2, -0.15) is 0 Å². The van der Waals surface area contributed by atoms with Crippen molar-refractivity contribution in [1.82, 2.24) is 4.90 Å². The molecular weight excluding hydrogens is 358 g/mol. The molecule has 0 radical (unpaired) electrons. The van der Waals surface area contributed by atoms with E-state index >= 15 is 0 Å². The lowest BCUT2D eigenvalue weighted by molar-refractivity contribution is 0.0915. The Hall–Kier alpha value is -2.01. The highest BCUT2D eigenvalue weighted by Gasteiger charge is 2.24. The Bertz CT molecular complexity index is 686. The Balaban J connectivity index is 1.68. The van der Waals surface area contributed by atoms with Crippen molar-refractivity contribution in [2.24, 2.45) is 0 Å². The molecule has 0 bridgehead atoms. The third-order valence-electron chi connectivity index (χ3n) is 3.95. The summed E-state index contributed by atoms with van der Waals surface area (Å²) in [4.78, 5) is 14.0. The largest absolute Gasteiger partial charge is 0.496 e. The molecule has 0 aromatic heterocycles. The normalized spacial score (nSPS) is 13.4. The van der Waals surface area contributed by atoms with E-state index in [1.807, 2.05) is 36.4 Å². The van der Waals surface area contributed by atoms with Crippen molar-refractivity contribution in [2.45, 2.75) is 19.6 Å². The standard InChI is InChI=1S/C18H18BrNO3/c1-22-17-10-15(19)9-14-7-8-20(11-16(14)17)18(21)23-12-13-5-3-2-4-6-13/h2-6,9-10H,7-8,11-12H2,1H3. The molecular formula is C18H18BrNO3. The summed E-state index contributed by atoms with van der Waals surface area (Å²) in [6.07, 6.45) is 0.510. The molecule has 2 aromatic rings. The number of fused-ring (bicyclic) bond motifs is 1. The van der Waals surface area contributed by atoms with E-state index in [1.165, 1.54) is 5.56 Å². The fourth-order valence-electron chi connectivity index (χ4n) is 2.74. The van der Waals surface area contributed by atoms with E-state index in [4.69, 9.17) is 9.47 Å². The predicted octanol–water partition coefficient (Wildman–Crippen LogP) is 4.15. The first-order valence-corrected chi connectivity index (χ1v) is 8.27. The van der Waals surface area contributed by atoms with Crippen molar-refractivity contribution in [2.75, 3.05) is 13.7 Å². The molecule has 0 saturated heterocycles. The maximum atomic E-state index is 12.3. The van der Waals surface area contributed by atoms with Gasteiger partial charge in [-0.25, -0.2) is 4.79 Å². The van der Waals surface area contributed by atoms with Crippen LogP contribution in [-0.2, 0) is 24.3 Å². The fraction of sp³-hybridized carbons (Fsp3) is 0.278. The van der Waals surface area contributed by atoms with Gasteiger partial charge in [0.1, 0.15) is 12.4 Å². The van der Waals surface area contributed by atoms with Gasteiger partial charge >= 0.3 is 6.09 Å². The van der Waals surface area contributed by atoms with Crippen LogP contribution in [0.4, 0.5) is 4.79 Å².